The molecule has 11 heteroatoms. The number of carbonyl (C=O) groups excluding carboxylic acids is 1. The zero-order valence-electron chi connectivity index (χ0n) is 20.9. The van der Waals surface area contributed by atoms with E-state index < -0.39 is 62.9 Å². The summed E-state index contributed by atoms with van der Waals surface area (Å²) in [6, 6.07) is 14.0. The van der Waals surface area contributed by atoms with Gasteiger partial charge in [0, 0.05) is 16.1 Å². The maximum atomic E-state index is 14.0. The van der Waals surface area contributed by atoms with Gasteiger partial charge in [-0.15, -0.1) is 0 Å². The fourth-order valence-electron chi connectivity index (χ4n) is 4.79. The molecule has 0 radical (unpaired) electrons. The Morgan fingerprint density at radius 2 is 1.82 bits per heavy atom. The average Bonchev–Trinajstić information content (AvgIpc) is 3.69. The molecule has 1 amide bonds. The van der Waals surface area contributed by atoms with Crippen LogP contribution in [0.3, 0.4) is 0 Å². The summed E-state index contributed by atoms with van der Waals surface area (Å²) < 4.78 is 31.3. The molecule has 38 heavy (non-hydrogen) atoms. The first-order valence-electron chi connectivity index (χ1n) is 12.2. The first-order chi connectivity index (χ1) is 17.8. The normalized spacial score (nSPS) is 23.1. The van der Waals surface area contributed by atoms with E-state index >= 15 is 0 Å². The maximum absolute atomic E-state index is 14.0. The minimum atomic E-state index is -3.98. The summed E-state index contributed by atoms with van der Waals surface area (Å²) in [4.78, 5) is 27.2. The smallest absolute Gasteiger partial charge is 0.306 e. The Balaban J connectivity index is 1.90. The van der Waals surface area contributed by atoms with Crippen molar-refractivity contribution in [2.24, 2.45) is 5.92 Å². The van der Waals surface area contributed by atoms with Gasteiger partial charge in [-0.1, -0.05) is 47.5 Å². The number of hydrogen-bond donors (Lipinski definition) is 1. The lowest BCUT2D eigenvalue weighted by molar-refractivity contribution is -0.183. The first kappa shape index (κ1) is 28.4. The molecule has 2 aromatic rings. The van der Waals surface area contributed by atoms with E-state index in [0.29, 0.717) is 34.0 Å². The van der Waals surface area contributed by atoms with Crippen molar-refractivity contribution in [3.63, 3.8) is 0 Å². The fraction of sp³-hybridized carbons (Fsp3) is 0.444. The van der Waals surface area contributed by atoms with Gasteiger partial charge in [-0.25, -0.2) is 8.42 Å². The van der Waals surface area contributed by atoms with Crippen LogP contribution in [0.4, 0.5) is 0 Å². The van der Waals surface area contributed by atoms with Crippen molar-refractivity contribution in [2.75, 3.05) is 5.75 Å². The molecule has 1 aliphatic carbocycles. The van der Waals surface area contributed by atoms with Gasteiger partial charge < -0.3 is 14.7 Å². The monoisotopic (exact) mass is 578 g/mol. The SMILES string of the molecule is CC(C)(C#N)S(=O)(=O)C[C@H](C1CC1)N1C(=O)[C@@H](CC(=O)O)O[C@H](c2cccc(Cl)c2)[C@H]1c1ccc(Cl)cc1. The number of hydrogen-bond acceptors (Lipinski definition) is 6. The number of nitriles is 1. The molecular formula is C27H28Cl2N2O6S. The topological polar surface area (TPSA) is 125 Å². The Morgan fingerprint density at radius 1 is 1.16 bits per heavy atom. The second-order valence-electron chi connectivity index (χ2n) is 10.2. The number of carbonyl (C=O) groups is 2. The maximum Gasteiger partial charge on any atom is 0.306 e. The predicted molar refractivity (Wildman–Crippen MR) is 142 cm³/mol. The van der Waals surface area contributed by atoms with Crippen molar-refractivity contribution in [3.8, 4) is 6.07 Å². The van der Waals surface area contributed by atoms with Crippen LogP contribution in [0.1, 0.15) is 56.4 Å². The molecule has 1 saturated carbocycles. The van der Waals surface area contributed by atoms with Crippen LogP contribution in [0.15, 0.2) is 48.5 Å². The van der Waals surface area contributed by atoms with Crippen LogP contribution in [0, 0.1) is 17.2 Å². The highest BCUT2D eigenvalue weighted by atomic mass is 35.5. The van der Waals surface area contributed by atoms with Crippen LogP contribution in [0.25, 0.3) is 0 Å². The number of amides is 1. The number of rotatable bonds is 9. The van der Waals surface area contributed by atoms with Gasteiger partial charge in [-0.3, -0.25) is 9.59 Å². The zero-order chi connectivity index (χ0) is 27.8. The third-order valence-electron chi connectivity index (χ3n) is 7.14. The van der Waals surface area contributed by atoms with Gasteiger partial charge in [0.25, 0.3) is 5.91 Å². The van der Waals surface area contributed by atoms with Crippen LogP contribution < -0.4 is 0 Å². The lowest BCUT2D eigenvalue weighted by atomic mass is 9.89. The lowest BCUT2D eigenvalue weighted by Crippen LogP contribution is -2.58. The number of carboxylic acid groups (broad SMARTS) is 1. The molecule has 0 spiro atoms. The van der Waals surface area contributed by atoms with E-state index in [1.54, 1.807) is 48.5 Å². The molecule has 1 N–H and O–H groups in total. The van der Waals surface area contributed by atoms with Gasteiger partial charge in [0.1, 0.15) is 12.2 Å². The molecule has 202 valence electrons. The second-order valence-corrected chi connectivity index (χ2v) is 13.7. The van der Waals surface area contributed by atoms with E-state index in [-0.39, 0.29) is 5.92 Å². The van der Waals surface area contributed by atoms with E-state index in [1.807, 2.05) is 6.07 Å². The third kappa shape index (κ3) is 5.84. The molecule has 2 fully saturated rings. The van der Waals surface area contributed by atoms with Crippen LogP contribution in [0.2, 0.25) is 10.0 Å². The number of carboxylic acids is 1. The predicted octanol–water partition coefficient (Wildman–Crippen LogP) is 4.97. The summed E-state index contributed by atoms with van der Waals surface area (Å²) in [5.41, 5.74) is 1.25. The van der Waals surface area contributed by atoms with Crippen molar-refractivity contribution in [1.82, 2.24) is 4.90 Å². The Hall–Kier alpha value is -2.64. The number of aliphatic carboxylic acids is 1. The van der Waals surface area contributed by atoms with E-state index in [1.165, 1.54) is 18.7 Å². The molecule has 2 aromatic carbocycles. The van der Waals surface area contributed by atoms with E-state index in [9.17, 15) is 28.4 Å². The van der Waals surface area contributed by atoms with Crippen molar-refractivity contribution >= 4 is 44.9 Å². The number of ether oxygens (including phenoxy) is 1. The van der Waals surface area contributed by atoms with Gasteiger partial charge >= 0.3 is 5.97 Å². The molecule has 8 nitrogen and oxygen atoms in total. The van der Waals surface area contributed by atoms with Gasteiger partial charge in [0.15, 0.2) is 14.6 Å². The van der Waals surface area contributed by atoms with Crippen LogP contribution in [0.5, 0.6) is 0 Å². The van der Waals surface area contributed by atoms with Gasteiger partial charge in [-0.2, -0.15) is 5.26 Å². The Bertz CT molecular complexity index is 1370. The second kappa shape index (κ2) is 10.9. The van der Waals surface area contributed by atoms with Crippen LogP contribution in [-0.2, 0) is 24.2 Å². The highest BCUT2D eigenvalue weighted by molar-refractivity contribution is 7.93. The van der Waals surface area contributed by atoms with Crippen LogP contribution >= 0.6 is 23.2 Å². The molecule has 4 atom stereocenters. The van der Waals surface area contributed by atoms with Gasteiger partial charge in [0.05, 0.1) is 24.3 Å². The van der Waals surface area contributed by atoms with Crippen molar-refractivity contribution < 1.29 is 27.9 Å². The molecule has 4 rings (SSSR count). The summed E-state index contributed by atoms with van der Waals surface area (Å²) in [5.74, 6) is -2.38. The summed E-state index contributed by atoms with van der Waals surface area (Å²) in [7, 11) is -3.98. The van der Waals surface area contributed by atoms with Crippen molar-refractivity contribution in [1.29, 1.82) is 5.26 Å². The molecule has 1 aliphatic heterocycles. The third-order valence-corrected chi connectivity index (χ3v) is 10.1. The van der Waals surface area contributed by atoms with E-state index in [4.69, 9.17) is 27.9 Å². The van der Waals surface area contributed by atoms with Gasteiger partial charge in [-0.05, 0) is 68.0 Å². The van der Waals surface area contributed by atoms with E-state index in [2.05, 4.69) is 0 Å². The quantitative estimate of drug-likeness (QED) is 0.445. The highest BCUT2D eigenvalue weighted by Gasteiger charge is 2.52. The number of nitrogens with zero attached hydrogens (tertiary/aromatic N) is 2. The summed E-state index contributed by atoms with van der Waals surface area (Å²) in [6.07, 6.45) is -1.36. The number of morpholine rings is 1. The van der Waals surface area contributed by atoms with Crippen LogP contribution in [-0.4, -0.2) is 52.9 Å². The molecule has 1 heterocycles. The molecule has 0 bridgehead atoms. The molecule has 0 aromatic heterocycles. The minimum absolute atomic E-state index is 0.124. The Labute approximate surface area is 232 Å². The highest BCUT2D eigenvalue weighted by Crippen LogP contribution is 2.48. The van der Waals surface area contributed by atoms with Gasteiger partial charge in [0.2, 0.25) is 0 Å². The Kier molecular flexibility index (Phi) is 8.10. The fourth-order valence-corrected chi connectivity index (χ4v) is 6.55. The molecular weight excluding hydrogens is 551 g/mol. The lowest BCUT2D eigenvalue weighted by Gasteiger charge is -2.48. The largest absolute Gasteiger partial charge is 0.481 e. The first-order valence-corrected chi connectivity index (χ1v) is 14.6. The standard InChI is InChI=1S/C27H28Cl2N2O6S/c1-27(2,15-30)38(35,36)14-21(16-6-7-16)31-24(17-8-10-19(28)11-9-17)25(18-4-3-5-20(29)12-18)37-22(26(31)34)13-23(32)33/h3-5,8-12,16,21-22,24-25H,6-7,13-14H2,1-2H3,(H,32,33)/t21-,22-,24-,25-/m1/s1. The average molecular weight is 580 g/mol. The molecule has 0 unspecified atom stereocenters. The van der Waals surface area contributed by atoms with Crippen molar-refractivity contribution in [2.45, 2.75) is 62.1 Å². The molecule has 1 saturated heterocycles. The summed E-state index contributed by atoms with van der Waals surface area (Å²) in [6.45, 7) is 2.68. The molecule has 2 aliphatic rings. The zero-order valence-corrected chi connectivity index (χ0v) is 23.2. The minimum Gasteiger partial charge on any atom is -0.481 e. The summed E-state index contributed by atoms with van der Waals surface area (Å²) >= 11 is 12.4. The summed E-state index contributed by atoms with van der Waals surface area (Å²) in [5, 5.41) is 20.0. The number of sulfone groups is 1. The van der Waals surface area contributed by atoms with E-state index in [0.717, 1.165) is 0 Å². The van der Waals surface area contributed by atoms with Crippen molar-refractivity contribution in [3.05, 3.63) is 69.7 Å². The number of benzene rings is 2. The Morgan fingerprint density at radius 3 is 2.37 bits per heavy atom. The number of halogens is 2.